The summed E-state index contributed by atoms with van der Waals surface area (Å²) >= 11 is 1.38. The Morgan fingerprint density at radius 3 is 2.22 bits per heavy atom. The summed E-state index contributed by atoms with van der Waals surface area (Å²) in [6.07, 6.45) is 4.13. The largest absolute Gasteiger partial charge is 0.365 e. The van der Waals surface area contributed by atoms with E-state index >= 15 is 0 Å². The number of nitrogens with two attached hydrogens (primary N) is 1. The number of sulfonamides is 1. The molecule has 11 heteroatoms. The van der Waals surface area contributed by atoms with Crippen LogP contribution in [0.25, 0.3) is 0 Å². The molecule has 0 atom stereocenters. The molecule has 3 rings (SSSR count). The monoisotopic (exact) mass is 556 g/mol. The Kier molecular flexibility index (Phi) is 11.4. The van der Waals surface area contributed by atoms with Gasteiger partial charge in [-0.05, 0) is 55.6 Å². The van der Waals surface area contributed by atoms with Crippen molar-refractivity contribution in [2.75, 3.05) is 31.5 Å². The zero-order chi connectivity index (χ0) is 25.6. The molecule has 0 saturated carbocycles. The Hall–Kier alpha value is -1.98. The summed E-state index contributed by atoms with van der Waals surface area (Å²) in [7, 11) is -3.64. The summed E-state index contributed by atoms with van der Waals surface area (Å²) in [5.41, 5.74) is 7.28. The molecule has 0 saturated heterocycles. The topological polar surface area (TPSA) is 113 Å². The maximum Gasteiger partial charge on any atom is 0.256 e. The van der Waals surface area contributed by atoms with Crippen LogP contribution >= 0.6 is 23.7 Å². The summed E-state index contributed by atoms with van der Waals surface area (Å²) < 4.78 is 27.9. The van der Waals surface area contributed by atoms with Crippen molar-refractivity contribution in [3.63, 3.8) is 0 Å². The van der Waals surface area contributed by atoms with E-state index in [-0.39, 0.29) is 17.3 Å². The van der Waals surface area contributed by atoms with E-state index in [4.69, 9.17) is 5.73 Å². The molecule has 2 heterocycles. The van der Waals surface area contributed by atoms with Crippen LogP contribution in [0.1, 0.15) is 77.6 Å². The molecule has 0 unspecified atom stereocenters. The number of anilines is 1. The van der Waals surface area contributed by atoms with E-state index in [0.29, 0.717) is 35.6 Å². The second-order valence-electron chi connectivity index (χ2n) is 8.78. The number of amides is 2. The number of carbonyl (C=O) groups is 2. The molecule has 2 aromatic rings. The Morgan fingerprint density at radius 1 is 1.08 bits per heavy atom. The first-order valence-electron chi connectivity index (χ1n) is 12.3. The maximum absolute atomic E-state index is 13.2. The molecule has 0 spiro atoms. The number of primary amides is 1. The van der Waals surface area contributed by atoms with Crippen LogP contribution < -0.4 is 11.1 Å². The third-order valence-electron chi connectivity index (χ3n) is 6.33. The van der Waals surface area contributed by atoms with Gasteiger partial charge in [0, 0.05) is 36.6 Å². The second-order valence-corrected chi connectivity index (χ2v) is 11.8. The lowest BCUT2D eigenvalue weighted by atomic mass is 10.0. The number of likely N-dealkylation sites (N-methyl/N-ethyl adjacent to an activating group) is 1. The van der Waals surface area contributed by atoms with Crippen LogP contribution in [-0.2, 0) is 23.0 Å². The summed E-state index contributed by atoms with van der Waals surface area (Å²) in [5, 5.41) is 3.29. The zero-order valence-electron chi connectivity index (χ0n) is 21.2. The molecule has 1 aliphatic heterocycles. The molecule has 2 amide bonds. The SMILES string of the molecule is CCCCN(CCCC)S(=O)(=O)c1ccc(C(=O)Nc2sc3c(c2C(N)=O)CCN(CC)C3)cc1.Cl. The van der Waals surface area contributed by atoms with Crippen LogP contribution in [0.15, 0.2) is 29.2 Å². The molecule has 1 aliphatic rings. The van der Waals surface area contributed by atoms with Gasteiger partial charge in [-0.25, -0.2) is 8.42 Å². The number of carbonyl (C=O) groups excluding carboxylic acids is 2. The minimum Gasteiger partial charge on any atom is -0.365 e. The first kappa shape index (κ1) is 30.2. The van der Waals surface area contributed by atoms with E-state index in [0.717, 1.165) is 55.8 Å². The molecule has 200 valence electrons. The highest BCUT2D eigenvalue weighted by atomic mass is 35.5. The number of hydrogen-bond acceptors (Lipinski definition) is 6. The Bertz CT molecular complexity index is 1140. The van der Waals surface area contributed by atoms with E-state index in [2.05, 4.69) is 17.1 Å². The highest BCUT2D eigenvalue weighted by Gasteiger charge is 2.28. The second kappa shape index (κ2) is 13.5. The fourth-order valence-corrected chi connectivity index (χ4v) is 7.01. The van der Waals surface area contributed by atoms with Crippen LogP contribution in [0.4, 0.5) is 5.00 Å². The highest BCUT2D eigenvalue weighted by molar-refractivity contribution is 7.89. The highest BCUT2D eigenvalue weighted by Crippen LogP contribution is 2.37. The molecule has 0 aliphatic carbocycles. The van der Waals surface area contributed by atoms with Crippen LogP contribution in [0.3, 0.4) is 0 Å². The van der Waals surface area contributed by atoms with Crippen molar-refractivity contribution in [3.05, 3.63) is 45.8 Å². The number of benzene rings is 1. The molecule has 3 N–H and O–H groups in total. The van der Waals surface area contributed by atoms with E-state index in [1.165, 1.54) is 39.9 Å². The molecule has 0 fully saturated rings. The van der Waals surface area contributed by atoms with Crippen molar-refractivity contribution in [1.82, 2.24) is 9.21 Å². The van der Waals surface area contributed by atoms with Crippen LogP contribution in [0.2, 0.25) is 0 Å². The fraction of sp³-hybridized carbons (Fsp3) is 0.520. The van der Waals surface area contributed by atoms with Crippen molar-refractivity contribution in [2.45, 2.75) is 64.3 Å². The first-order chi connectivity index (χ1) is 16.7. The number of halogens is 1. The van der Waals surface area contributed by atoms with Crippen molar-refractivity contribution >= 4 is 50.6 Å². The average Bonchev–Trinajstić information content (AvgIpc) is 3.21. The van der Waals surface area contributed by atoms with E-state index < -0.39 is 21.8 Å². The number of unbranched alkanes of at least 4 members (excludes halogenated alkanes) is 2. The van der Waals surface area contributed by atoms with Gasteiger partial charge in [0.05, 0.1) is 10.5 Å². The molecular weight excluding hydrogens is 520 g/mol. The van der Waals surface area contributed by atoms with Crippen molar-refractivity contribution < 1.29 is 18.0 Å². The Morgan fingerprint density at radius 2 is 1.69 bits per heavy atom. The Balaban J connectivity index is 0.00000456. The first-order valence-corrected chi connectivity index (χ1v) is 14.6. The maximum atomic E-state index is 13.2. The number of rotatable bonds is 12. The van der Waals surface area contributed by atoms with E-state index in [9.17, 15) is 18.0 Å². The third kappa shape index (κ3) is 6.86. The smallest absolute Gasteiger partial charge is 0.256 e. The number of nitrogens with one attached hydrogen (secondary N) is 1. The van der Waals surface area contributed by atoms with Gasteiger partial charge in [0.25, 0.3) is 11.8 Å². The van der Waals surface area contributed by atoms with Gasteiger partial charge < -0.3 is 11.1 Å². The van der Waals surface area contributed by atoms with Gasteiger partial charge in [0.15, 0.2) is 0 Å². The molecule has 0 bridgehead atoms. The van der Waals surface area contributed by atoms with Crippen LogP contribution in [-0.4, -0.2) is 55.6 Å². The quantitative estimate of drug-likeness (QED) is 0.400. The standard InChI is InChI=1S/C25H36N4O4S2.ClH/c1-4-7-14-29(15-8-5-2)35(32,33)19-11-9-18(10-12-19)24(31)27-25-22(23(26)30)20-13-16-28(6-3)17-21(20)34-25;/h9-12H,4-8,13-17H2,1-3H3,(H2,26,30)(H,27,31);1H. The van der Waals surface area contributed by atoms with Gasteiger partial charge in [0.2, 0.25) is 10.0 Å². The number of nitrogens with zero attached hydrogens (tertiary/aromatic N) is 2. The van der Waals surface area contributed by atoms with Crippen LogP contribution in [0.5, 0.6) is 0 Å². The van der Waals surface area contributed by atoms with Crippen molar-refractivity contribution in [1.29, 1.82) is 0 Å². The van der Waals surface area contributed by atoms with Crippen molar-refractivity contribution in [2.24, 2.45) is 5.73 Å². The van der Waals surface area contributed by atoms with Gasteiger partial charge in [-0.1, -0.05) is 33.6 Å². The lowest BCUT2D eigenvalue weighted by Gasteiger charge is -2.25. The lowest BCUT2D eigenvalue weighted by Crippen LogP contribution is -2.33. The molecule has 36 heavy (non-hydrogen) atoms. The molecule has 8 nitrogen and oxygen atoms in total. The number of fused-ring (bicyclic) bond motifs is 1. The van der Waals surface area contributed by atoms with E-state index in [1.807, 2.05) is 13.8 Å². The van der Waals surface area contributed by atoms with Gasteiger partial charge in [0.1, 0.15) is 5.00 Å². The average molecular weight is 557 g/mol. The molecule has 0 radical (unpaired) electrons. The fourth-order valence-electron chi connectivity index (χ4n) is 4.20. The molecular formula is C25H37ClN4O4S2. The van der Waals surface area contributed by atoms with Crippen molar-refractivity contribution in [3.8, 4) is 0 Å². The Labute approximate surface area is 224 Å². The minimum absolute atomic E-state index is 0. The summed E-state index contributed by atoms with van der Waals surface area (Å²) in [5.74, 6) is -0.959. The minimum atomic E-state index is -3.64. The molecule has 1 aromatic heterocycles. The third-order valence-corrected chi connectivity index (χ3v) is 9.38. The normalized spacial score (nSPS) is 13.8. The summed E-state index contributed by atoms with van der Waals surface area (Å²) in [6.45, 7) is 9.60. The van der Waals surface area contributed by atoms with Gasteiger partial charge >= 0.3 is 0 Å². The van der Waals surface area contributed by atoms with Gasteiger partial charge in [-0.2, -0.15) is 4.31 Å². The van der Waals surface area contributed by atoms with Gasteiger partial charge in [-0.3, -0.25) is 14.5 Å². The number of thiophene rings is 1. The predicted molar refractivity (Wildman–Crippen MR) is 148 cm³/mol. The van der Waals surface area contributed by atoms with Crippen LogP contribution in [0, 0.1) is 0 Å². The predicted octanol–water partition coefficient (Wildman–Crippen LogP) is 4.49. The number of hydrogen-bond donors (Lipinski definition) is 2. The zero-order valence-corrected chi connectivity index (χ0v) is 23.7. The lowest BCUT2D eigenvalue weighted by molar-refractivity contribution is 0.1000. The summed E-state index contributed by atoms with van der Waals surface area (Å²) in [6, 6.07) is 5.97. The van der Waals surface area contributed by atoms with Gasteiger partial charge in [-0.15, -0.1) is 23.7 Å². The summed E-state index contributed by atoms with van der Waals surface area (Å²) in [4.78, 5) is 28.7. The molecule has 1 aromatic carbocycles. The van der Waals surface area contributed by atoms with E-state index in [1.54, 1.807) is 0 Å².